The van der Waals surface area contributed by atoms with Gasteiger partial charge in [-0.2, -0.15) is 0 Å². The molecule has 1 heterocycles. The zero-order valence-corrected chi connectivity index (χ0v) is 12.2. The Bertz CT molecular complexity index is 666. The van der Waals surface area contributed by atoms with Crippen LogP contribution in [-0.4, -0.2) is 24.2 Å². The minimum atomic E-state index is -0.177. The predicted octanol–water partition coefficient (Wildman–Crippen LogP) is 2.35. The summed E-state index contributed by atoms with van der Waals surface area (Å²) in [7, 11) is 1.59. The van der Waals surface area contributed by atoms with Crippen LogP contribution in [0, 0.1) is 6.92 Å². The summed E-state index contributed by atoms with van der Waals surface area (Å²) < 4.78 is 0. The van der Waals surface area contributed by atoms with E-state index < -0.39 is 0 Å². The Kier molecular flexibility index (Phi) is 4.82. The summed E-state index contributed by atoms with van der Waals surface area (Å²) in [6.45, 7) is 2.00. The molecule has 0 unspecified atom stereocenters. The maximum Gasteiger partial charge on any atom is 0.269 e. The van der Waals surface area contributed by atoms with Crippen molar-refractivity contribution >= 4 is 12.2 Å². The SMILES string of the molecule is CNC(=O)c1cc(CCc2ccc(C=O)cc2C)ccn1. The van der Waals surface area contributed by atoms with Gasteiger partial charge in [0.25, 0.3) is 5.91 Å². The molecule has 108 valence electrons. The molecular weight excluding hydrogens is 264 g/mol. The Hall–Kier alpha value is -2.49. The number of carbonyl (C=O) groups excluding carboxylic acids is 2. The molecule has 1 N–H and O–H groups in total. The van der Waals surface area contributed by atoms with E-state index in [1.807, 2.05) is 37.3 Å². The van der Waals surface area contributed by atoms with Crippen LogP contribution in [-0.2, 0) is 12.8 Å². The van der Waals surface area contributed by atoms with Gasteiger partial charge in [-0.25, -0.2) is 0 Å². The zero-order chi connectivity index (χ0) is 15.2. The molecular formula is C17H18N2O2. The van der Waals surface area contributed by atoms with E-state index >= 15 is 0 Å². The third-order valence-corrected chi connectivity index (χ3v) is 3.47. The average molecular weight is 282 g/mol. The lowest BCUT2D eigenvalue weighted by molar-refractivity contribution is 0.0957. The van der Waals surface area contributed by atoms with E-state index in [0.29, 0.717) is 11.3 Å². The summed E-state index contributed by atoms with van der Waals surface area (Å²) in [4.78, 5) is 26.3. The highest BCUT2D eigenvalue weighted by Gasteiger charge is 2.06. The van der Waals surface area contributed by atoms with Gasteiger partial charge in [-0.1, -0.05) is 12.1 Å². The lowest BCUT2D eigenvalue weighted by Gasteiger charge is -2.07. The lowest BCUT2D eigenvalue weighted by Crippen LogP contribution is -2.19. The Morgan fingerprint density at radius 1 is 1.24 bits per heavy atom. The molecule has 1 aromatic heterocycles. The van der Waals surface area contributed by atoms with Crippen molar-refractivity contribution < 1.29 is 9.59 Å². The van der Waals surface area contributed by atoms with Crippen LogP contribution in [0.25, 0.3) is 0 Å². The molecule has 0 aliphatic heterocycles. The molecule has 1 aromatic carbocycles. The first kappa shape index (κ1) is 14.9. The topological polar surface area (TPSA) is 59.1 Å². The van der Waals surface area contributed by atoms with Crippen LogP contribution in [0.15, 0.2) is 36.5 Å². The summed E-state index contributed by atoms with van der Waals surface area (Å²) >= 11 is 0. The Morgan fingerprint density at radius 2 is 2.05 bits per heavy atom. The van der Waals surface area contributed by atoms with Crippen molar-refractivity contribution in [2.75, 3.05) is 7.05 Å². The molecule has 0 aliphatic rings. The quantitative estimate of drug-likeness (QED) is 0.856. The maximum absolute atomic E-state index is 11.6. The van der Waals surface area contributed by atoms with Crippen LogP contribution in [0.3, 0.4) is 0 Å². The second kappa shape index (κ2) is 6.79. The Labute approximate surface area is 124 Å². The van der Waals surface area contributed by atoms with E-state index in [-0.39, 0.29) is 5.91 Å². The van der Waals surface area contributed by atoms with Crippen molar-refractivity contribution in [3.63, 3.8) is 0 Å². The van der Waals surface area contributed by atoms with Crippen LogP contribution >= 0.6 is 0 Å². The largest absolute Gasteiger partial charge is 0.354 e. The summed E-state index contributed by atoms with van der Waals surface area (Å²) in [5.74, 6) is -0.177. The highest BCUT2D eigenvalue weighted by atomic mass is 16.1. The number of aromatic nitrogens is 1. The summed E-state index contributed by atoms with van der Waals surface area (Å²) in [6.07, 6.45) is 4.20. The molecule has 4 heteroatoms. The predicted molar refractivity (Wildman–Crippen MR) is 81.6 cm³/mol. The molecule has 0 saturated carbocycles. The number of carbonyl (C=O) groups is 2. The van der Waals surface area contributed by atoms with Gasteiger partial charge in [-0.15, -0.1) is 0 Å². The van der Waals surface area contributed by atoms with Crippen LogP contribution in [0.5, 0.6) is 0 Å². The standard InChI is InChI=1S/C17H18N2O2/c1-12-9-14(11-20)4-6-15(12)5-3-13-7-8-19-16(10-13)17(21)18-2/h4,6-11H,3,5H2,1-2H3,(H,18,21). The van der Waals surface area contributed by atoms with Gasteiger partial charge in [-0.05, 0) is 54.7 Å². The monoisotopic (exact) mass is 282 g/mol. The van der Waals surface area contributed by atoms with E-state index in [0.717, 1.165) is 30.3 Å². The van der Waals surface area contributed by atoms with Gasteiger partial charge in [-0.3, -0.25) is 14.6 Å². The number of benzene rings is 1. The fraction of sp³-hybridized carbons (Fsp3) is 0.235. The van der Waals surface area contributed by atoms with E-state index in [4.69, 9.17) is 0 Å². The summed E-state index contributed by atoms with van der Waals surface area (Å²) in [5, 5.41) is 2.57. The second-order valence-corrected chi connectivity index (χ2v) is 4.93. The number of aryl methyl sites for hydroxylation is 3. The highest BCUT2D eigenvalue weighted by Crippen LogP contribution is 2.14. The van der Waals surface area contributed by atoms with E-state index in [1.165, 1.54) is 5.56 Å². The maximum atomic E-state index is 11.6. The van der Waals surface area contributed by atoms with Crippen molar-refractivity contribution in [1.29, 1.82) is 0 Å². The fourth-order valence-electron chi connectivity index (χ4n) is 2.23. The van der Waals surface area contributed by atoms with Crippen LogP contribution < -0.4 is 5.32 Å². The van der Waals surface area contributed by atoms with Crippen molar-refractivity contribution in [3.05, 3.63) is 64.5 Å². The van der Waals surface area contributed by atoms with Gasteiger partial charge in [0.1, 0.15) is 12.0 Å². The molecule has 4 nitrogen and oxygen atoms in total. The number of nitrogens with zero attached hydrogens (tertiary/aromatic N) is 1. The van der Waals surface area contributed by atoms with Crippen LogP contribution in [0.1, 0.15) is 37.5 Å². The third-order valence-electron chi connectivity index (χ3n) is 3.47. The van der Waals surface area contributed by atoms with Gasteiger partial charge in [0.2, 0.25) is 0 Å². The molecule has 2 aromatic rings. The molecule has 0 spiro atoms. The van der Waals surface area contributed by atoms with E-state index in [2.05, 4.69) is 10.3 Å². The van der Waals surface area contributed by atoms with Gasteiger partial charge >= 0.3 is 0 Å². The van der Waals surface area contributed by atoms with E-state index in [9.17, 15) is 9.59 Å². The number of amides is 1. The third kappa shape index (κ3) is 3.75. The van der Waals surface area contributed by atoms with Crippen LogP contribution in [0.4, 0.5) is 0 Å². The lowest BCUT2D eigenvalue weighted by atomic mass is 9.99. The van der Waals surface area contributed by atoms with Gasteiger partial charge in [0.15, 0.2) is 0 Å². The number of hydrogen-bond donors (Lipinski definition) is 1. The molecule has 0 atom stereocenters. The molecule has 0 fully saturated rings. The second-order valence-electron chi connectivity index (χ2n) is 4.93. The molecule has 0 saturated heterocycles. The number of pyridine rings is 1. The van der Waals surface area contributed by atoms with Crippen molar-refractivity contribution in [2.24, 2.45) is 0 Å². The minimum Gasteiger partial charge on any atom is -0.354 e. The number of rotatable bonds is 5. The van der Waals surface area contributed by atoms with Crippen molar-refractivity contribution in [3.8, 4) is 0 Å². The highest BCUT2D eigenvalue weighted by molar-refractivity contribution is 5.92. The molecule has 2 rings (SSSR count). The summed E-state index contributed by atoms with van der Waals surface area (Å²) in [5.41, 5.74) is 4.52. The Balaban J connectivity index is 2.09. The fourth-order valence-corrected chi connectivity index (χ4v) is 2.23. The first-order chi connectivity index (χ1) is 10.1. The van der Waals surface area contributed by atoms with Crippen LogP contribution in [0.2, 0.25) is 0 Å². The van der Waals surface area contributed by atoms with Gasteiger partial charge in [0.05, 0.1) is 0 Å². The normalized spacial score (nSPS) is 10.2. The number of hydrogen-bond acceptors (Lipinski definition) is 3. The van der Waals surface area contributed by atoms with Crippen molar-refractivity contribution in [2.45, 2.75) is 19.8 Å². The molecule has 0 bridgehead atoms. The van der Waals surface area contributed by atoms with Gasteiger partial charge < -0.3 is 5.32 Å². The summed E-state index contributed by atoms with van der Waals surface area (Å²) in [6, 6.07) is 9.44. The van der Waals surface area contributed by atoms with E-state index in [1.54, 1.807) is 13.2 Å². The Morgan fingerprint density at radius 3 is 2.71 bits per heavy atom. The van der Waals surface area contributed by atoms with Gasteiger partial charge in [0, 0.05) is 18.8 Å². The minimum absolute atomic E-state index is 0.177. The molecule has 0 radical (unpaired) electrons. The number of nitrogens with one attached hydrogen (secondary N) is 1. The molecule has 1 amide bonds. The molecule has 0 aliphatic carbocycles. The van der Waals surface area contributed by atoms with Crippen molar-refractivity contribution in [1.82, 2.24) is 10.3 Å². The first-order valence-corrected chi connectivity index (χ1v) is 6.85. The first-order valence-electron chi connectivity index (χ1n) is 6.85. The molecule has 21 heavy (non-hydrogen) atoms. The smallest absolute Gasteiger partial charge is 0.269 e. The zero-order valence-electron chi connectivity index (χ0n) is 12.2. The average Bonchev–Trinajstić information content (AvgIpc) is 2.53. The number of aldehydes is 1.